The first kappa shape index (κ1) is 13.8. The molecule has 1 aliphatic heterocycles. The molecule has 4 nitrogen and oxygen atoms in total. The van der Waals surface area contributed by atoms with Crippen LogP contribution in [0.3, 0.4) is 0 Å². The summed E-state index contributed by atoms with van der Waals surface area (Å²) in [4.78, 5) is 12.3. The van der Waals surface area contributed by atoms with Crippen molar-refractivity contribution >= 4 is 5.78 Å². The van der Waals surface area contributed by atoms with E-state index in [2.05, 4.69) is 25.3 Å². The van der Waals surface area contributed by atoms with Crippen LogP contribution in [0.15, 0.2) is 6.07 Å². The number of fused-ring (bicyclic) bond motifs is 1. The fourth-order valence-corrected chi connectivity index (χ4v) is 3.31. The van der Waals surface area contributed by atoms with Gasteiger partial charge in [-0.1, -0.05) is 13.8 Å². The van der Waals surface area contributed by atoms with Gasteiger partial charge in [0.05, 0.1) is 32.5 Å². The van der Waals surface area contributed by atoms with Crippen LogP contribution in [0.4, 0.5) is 0 Å². The third-order valence-corrected chi connectivity index (χ3v) is 4.27. The van der Waals surface area contributed by atoms with Crippen molar-refractivity contribution in [3.63, 3.8) is 0 Å². The van der Waals surface area contributed by atoms with Gasteiger partial charge in [0.15, 0.2) is 5.78 Å². The Hall–Kier alpha value is -1.13. The number of aromatic nitrogens is 1. The first-order chi connectivity index (χ1) is 9.46. The lowest BCUT2D eigenvalue weighted by Gasteiger charge is -2.31. The molecule has 1 saturated heterocycles. The molecule has 0 N–H and O–H groups in total. The molecule has 1 unspecified atom stereocenters. The third kappa shape index (κ3) is 2.54. The van der Waals surface area contributed by atoms with E-state index in [1.54, 1.807) is 0 Å². The van der Waals surface area contributed by atoms with Crippen molar-refractivity contribution in [3.8, 4) is 0 Å². The topological polar surface area (TPSA) is 40.5 Å². The molecule has 1 aliphatic carbocycles. The highest BCUT2D eigenvalue weighted by Crippen LogP contribution is 2.36. The molecule has 110 valence electrons. The van der Waals surface area contributed by atoms with E-state index in [4.69, 9.17) is 9.47 Å². The molecule has 1 aromatic rings. The molecule has 4 heteroatoms. The highest BCUT2D eigenvalue weighted by molar-refractivity contribution is 5.99. The van der Waals surface area contributed by atoms with E-state index in [-0.39, 0.29) is 17.3 Å². The van der Waals surface area contributed by atoms with Crippen molar-refractivity contribution < 1.29 is 14.3 Å². The second kappa shape index (κ2) is 5.01. The summed E-state index contributed by atoms with van der Waals surface area (Å²) in [6.07, 6.45) is 1.70. The molecule has 0 saturated carbocycles. The second-order valence-corrected chi connectivity index (χ2v) is 6.77. The molecule has 1 aromatic heterocycles. The van der Waals surface area contributed by atoms with Crippen molar-refractivity contribution in [2.75, 3.05) is 19.8 Å². The summed E-state index contributed by atoms with van der Waals surface area (Å²) in [5, 5.41) is 0. The summed E-state index contributed by atoms with van der Waals surface area (Å²) < 4.78 is 13.5. The minimum atomic E-state index is 0.0521. The molecular weight excluding hydrogens is 254 g/mol. The zero-order valence-corrected chi connectivity index (χ0v) is 12.6. The van der Waals surface area contributed by atoms with Gasteiger partial charge in [0.2, 0.25) is 0 Å². The molecule has 2 heterocycles. The standard InChI is InChI=1S/C16H23NO3/c1-11-6-13-14(7-16(2,3)8-15(13)18)17(11)9-12-10-19-4-5-20-12/h6,12H,4-5,7-10H2,1-3H3. The first-order valence-electron chi connectivity index (χ1n) is 7.38. The molecule has 0 amide bonds. The largest absolute Gasteiger partial charge is 0.376 e. The average Bonchev–Trinajstić information content (AvgIpc) is 2.67. The number of carbonyl (C=O) groups is 1. The minimum absolute atomic E-state index is 0.0521. The van der Waals surface area contributed by atoms with Crippen molar-refractivity contribution in [3.05, 3.63) is 23.0 Å². The van der Waals surface area contributed by atoms with Crippen LogP contribution in [0.25, 0.3) is 0 Å². The Morgan fingerprint density at radius 3 is 2.85 bits per heavy atom. The predicted molar refractivity (Wildman–Crippen MR) is 76.2 cm³/mol. The number of rotatable bonds is 2. The van der Waals surface area contributed by atoms with Gasteiger partial charge in [0, 0.05) is 23.4 Å². The van der Waals surface area contributed by atoms with Crippen LogP contribution in [-0.4, -0.2) is 36.3 Å². The summed E-state index contributed by atoms with van der Waals surface area (Å²) in [5.74, 6) is 0.277. The Balaban J connectivity index is 1.90. The molecule has 0 spiro atoms. The van der Waals surface area contributed by atoms with E-state index in [1.807, 2.05) is 6.07 Å². The summed E-state index contributed by atoms with van der Waals surface area (Å²) in [6, 6.07) is 2.04. The number of carbonyl (C=O) groups excluding carboxylic acids is 1. The summed E-state index contributed by atoms with van der Waals surface area (Å²) in [6.45, 7) is 9.18. The van der Waals surface area contributed by atoms with E-state index in [0.717, 1.165) is 24.2 Å². The first-order valence-corrected chi connectivity index (χ1v) is 7.38. The fraction of sp³-hybridized carbons (Fsp3) is 0.688. The molecule has 1 atom stereocenters. The van der Waals surface area contributed by atoms with E-state index in [1.165, 1.54) is 5.69 Å². The van der Waals surface area contributed by atoms with Crippen LogP contribution in [0.2, 0.25) is 0 Å². The van der Waals surface area contributed by atoms with Crippen molar-refractivity contribution in [2.24, 2.45) is 5.41 Å². The predicted octanol–water partition coefficient (Wildman–Crippen LogP) is 2.37. The van der Waals surface area contributed by atoms with Crippen molar-refractivity contribution in [2.45, 2.75) is 46.3 Å². The van der Waals surface area contributed by atoms with Crippen LogP contribution in [0.5, 0.6) is 0 Å². The molecule has 0 aromatic carbocycles. The maximum Gasteiger partial charge on any atom is 0.165 e. The van der Waals surface area contributed by atoms with Crippen LogP contribution in [0.1, 0.15) is 42.0 Å². The zero-order valence-electron chi connectivity index (χ0n) is 12.6. The highest BCUT2D eigenvalue weighted by Gasteiger charge is 2.34. The Kier molecular flexibility index (Phi) is 3.46. The number of ketones is 1. The lowest BCUT2D eigenvalue weighted by molar-refractivity contribution is -0.0939. The molecule has 0 radical (unpaired) electrons. The molecular formula is C16H23NO3. The number of aryl methyl sites for hydroxylation is 1. The lowest BCUT2D eigenvalue weighted by Crippen LogP contribution is -2.34. The summed E-state index contributed by atoms with van der Waals surface area (Å²) >= 11 is 0. The fourth-order valence-electron chi connectivity index (χ4n) is 3.31. The number of hydrogen-bond acceptors (Lipinski definition) is 3. The van der Waals surface area contributed by atoms with Gasteiger partial charge in [-0.2, -0.15) is 0 Å². The maximum atomic E-state index is 12.3. The van der Waals surface area contributed by atoms with Crippen LogP contribution >= 0.6 is 0 Å². The second-order valence-electron chi connectivity index (χ2n) is 6.77. The molecule has 3 rings (SSSR count). The third-order valence-electron chi connectivity index (χ3n) is 4.27. The van der Waals surface area contributed by atoms with Gasteiger partial charge in [0.25, 0.3) is 0 Å². The molecule has 1 fully saturated rings. The quantitative estimate of drug-likeness (QED) is 0.833. The van der Waals surface area contributed by atoms with Gasteiger partial charge in [0.1, 0.15) is 0 Å². The number of ether oxygens (including phenoxy) is 2. The molecule has 2 aliphatic rings. The SMILES string of the molecule is Cc1cc2c(n1CC1COCCO1)CC(C)(C)CC2=O. The van der Waals surface area contributed by atoms with Gasteiger partial charge in [-0.05, 0) is 24.8 Å². The van der Waals surface area contributed by atoms with E-state index in [0.29, 0.717) is 26.2 Å². The lowest BCUT2D eigenvalue weighted by atomic mass is 9.76. The maximum absolute atomic E-state index is 12.3. The summed E-state index contributed by atoms with van der Waals surface area (Å²) in [5.41, 5.74) is 3.29. The molecule has 20 heavy (non-hydrogen) atoms. The van der Waals surface area contributed by atoms with Gasteiger partial charge < -0.3 is 14.0 Å². The van der Waals surface area contributed by atoms with Crippen LogP contribution in [0, 0.1) is 12.3 Å². The average molecular weight is 277 g/mol. The Morgan fingerprint density at radius 1 is 1.35 bits per heavy atom. The monoisotopic (exact) mass is 277 g/mol. The highest BCUT2D eigenvalue weighted by atomic mass is 16.6. The van der Waals surface area contributed by atoms with Gasteiger partial charge >= 0.3 is 0 Å². The van der Waals surface area contributed by atoms with E-state index < -0.39 is 0 Å². The zero-order chi connectivity index (χ0) is 14.3. The van der Waals surface area contributed by atoms with Gasteiger partial charge in [-0.15, -0.1) is 0 Å². The van der Waals surface area contributed by atoms with E-state index >= 15 is 0 Å². The van der Waals surface area contributed by atoms with Crippen molar-refractivity contribution in [1.29, 1.82) is 0 Å². The Bertz CT molecular complexity index is 524. The number of hydrogen-bond donors (Lipinski definition) is 0. The van der Waals surface area contributed by atoms with Crippen LogP contribution < -0.4 is 0 Å². The van der Waals surface area contributed by atoms with Crippen LogP contribution in [-0.2, 0) is 22.4 Å². The summed E-state index contributed by atoms with van der Waals surface area (Å²) in [7, 11) is 0. The Morgan fingerprint density at radius 2 is 2.15 bits per heavy atom. The van der Waals surface area contributed by atoms with Crippen molar-refractivity contribution in [1.82, 2.24) is 4.57 Å². The molecule has 0 bridgehead atoms. The number of nitrogens with zero attached hydrogens (tertiary/aromatic N) is 1. The van der Waals surface area contributed by atoms with Gasteiger partial charge in [-0.3, -0.25) is 4.79 Å². The smallest absolute Gasteiger partial charge is 0.165 e. The normalized spacial score (nSPS) is 25.6. The van der Waals surface area contributed by atoms with Gasteiger partial charge in [-0.25, -0.2) is 0 Å². The Labute approximate surface area is 120 Å². The van der Waals surface area contributed by atoms with E-state index in [9.17, 15) is 4.79 Å². The number of Topliss-reactive ketones (excluding diaryl/α,β-unsaturated/α-hetero) is 1. The minimum Gasteiger partial charge on any atom is -0.376 e.